The number of amides is 1. The number of hydrogen-bond donors (Lipinski definition) is 2. The number of carbonyl (C=O) groups excluding carboxylic acids is 1. The fraction of sp³-hybridized carbons (Fsp3) is 0.818. The monoisotopic (exact) mass is 244 g/mol. The quantitative estimate of drug-likeness (QED) is 0.670. The lowest BCUT2D eigenvalue weighted by atomic mass is 9.98. The highest BCUT2D eigenvalue weighted by molar-refractivity contribution is 5.88. The Bertz CT molecular complexity index is 287. The minimum absolute atomic E-state index is 0.158. The van der Waals surface area contributed by atoms with Gasteiger partial charge in [-0.1, -0.05) is 0 Å². The van der Waals surface area contributed by atoms with Gasteiger partial charge in [-0.2, -0.15) is 0 Å². The van der Waals surface area contributed by atoms with Crippen molar-refractivity contribution in [1.29, 1.82) is 0 Å². The molecule has 1 heterocycles. The van der Waals surface area contributed by atoms with Crippen LogP contribution < -0.4 is 5.32 Å². The van der Waals surface area contributed by atoms with Crippen LogP contribution in [-0.2, 0) is 14.3 Å². The lowest BCUT2D eigenvalue weighted by Crippen LogP contribution is -2.54. The van der Waals surface area contributed by atoms with Crippen molar-refractivity contribution in [2.24, 2.45) is 0 Å². The lowest BCUT2D eigenvalue weighted by molar-refractivity contribution is -0.147. The number of nitrogens with zero attached hydrogens (tertiary/aromatic N) is 1. The fourth-order valence-corrected chi connectivity index (χ4v) is 2.04. The molecule has 0 bridgehead atoms. The van der Waals surface area contributed by atoms with E-state index >= 15 is 0 Å². The predicted molar refractivity (Wildman–Crippen MR) is 61.7 cm³/mol. The maximum absolute atomic E-state index is 12.3. The Morgan fingerprint density at radius 1 is 1.53 bits per heavy atom. The summed E-state index contributed by atoms with van der Waals surface area (Å²) in [5.41, 5.74) is -0.622. The molecule has 0 aliphatic carbocycles. The summed E-state index contributed by atoms with van der Waals surface area (Å²) in [7, 11) is 1.53. The standard InChI is InChI=1S/C11H20N2O4/c1-11(4-3-5-12-11)10(16)13(6-7-17-2)8-9(14)15/h12H,3-8H2,1-2H3,(H,14,15). The highest BCUT2D eigenvalue weighted by Crippen LogP contribution is 2.21. The summed E-state index contributed by atoms with van der Waals surface area (Å²) in [4.78, 5) is 24.3. The molecule has 1 amide bonds. The number of rotatable bonds is 6. The molecule has 1 unspecified atom stereocenters. The average Bonchev–Trinajstić information content (AvgIpc) is 2.71. The van der Waals surface area contributed by atoms with E-state index < -0.39 is 11.5 Å². The zero-order valence-corrected chi connectivity index (χ0v) is 10.4. The van der Waals surface area contributed by atoms with Crippen molar-refractivity contribution in [3.8, 4) is 0 Å². The molecule has 1 aliphatic rings. The summed E-state index contributed by atoms with van der Waals surface area (Å²) in [5, 5.41) is 11.9. The van der Waals surface area contributed by atoms with E-state index in [0.717, 1.165) is 19.4 Å². The van der Waals surface area contributed by atoms with Gasteiger partial charge in [-0.25, -0.2) is 0 Å². The molecule has 6 nitrogen and oxygen atoms in total. The molecule has 1 aliphatic heterocycles. The van der Waals surface area contributed by atoms with Crippen molar-refractivity contribution >= 4 is 11.9 Å². The Balaban J connectivity index is 2.67. The number of carbonyl (C=O) groups is 2. The van der Waals surface area contributed by atoms with E-state index in [1.54, 1.807) is 0 Å². The zero-order chi connectivity index (χ0) is 12.9. The molecule has 1 fully saturated rings. The predicted octanol–water partition coefficient (Wildman–Crippen LogP) is -0.312. The van der Waals surface area contributed by atoms with E-state index in [4.69, 9.17) is 9.84 Å². The number of aliphatic carboxylic acids is 1. The zero-order valence-electron chi connectivity index (χ0n) is 10.4. The molecule has 0 saturated carbocycles. The summed E-state index contributed by atoms with van der Waals surface area (Å²) >= 11 is 0. The van der Waals surface area contributed by atoms with Crippen LogP contribution in [0.25, 0.3) is 0 Å². The van der Waals surface area contributed by atoms with Crippen molar-refractivity contribution in [1.82, 2.24) is 10.2 Å². The van der Waals surface area contributed by atoms with E-state index in [9.17, 15) is 9.59 Å². The molecule has 0 spiro atoms. The van der Waals surface area contributed by atoms with Crippen LogP contribution in [0.3, 0.4) is 0 Å². The van der Waals surface area contributed by atoms with Crippen molar-refractivity contribution < 1.29 is 19.4 Å². The maximum atomic E-state index is 12.3. The minimum atomic E-state index is -1.00. The first-order chi connectivity index (χ1) is 7.99. The molecule has 17 heavy (non-hydrogen) atoms. The van der Waals surface area contributed by atoms with Gasteiger partial charge in [0, 0.05) is 13.7 Å². The van der Waals surface area contributed by atoms with Gasteiger partial charge in [0.1, 0.15) is 6.54 Å². The van der Waals surface area contributed by atoms with E-state index in [2.05, 4.69) is 5.32 Å². The number of nitrogens with one attached hydrogen (secondary N) is 1. The number of carboxylic acids is 1. The van der Waals surface area contributed by atoms with Crippen LogP contribution in [-0.4, -0.2) is 60.8 Å². The Hall–Kier alpha value is -1.14. The number of ether oxygens (including phenoxy) is 1. The van der Waals surface area contributed by atoms with Crippen LogP contribution in [0.5, 0.6) is 0 Å². The van der Waals surface area contributed by atoms with Gasteiger partial charge in [-0.15, -0.1) is 0 Å². The molecule has 1 saturated heterocycles. The van der Waals surface area contributed by atoms with Gasteiger partial charge in [-0.3, -0.25) is 9.59 Å². The molecule has 0 radical (unpaired) electrons. The van der Waals surface area contributed by atoms with Crippen LogP contribution in [0.1, 0.15) is 19.8 Å². The smallest absolute Gasteiger partial charge is 0.323 e. The van der Waals surface area contributed by atoms with Gasteiger partial charge in [0.15, 0.2) is 0 Å². The number of carboxylic acid groups (broad SMARTS) is 1. The minimum Gasteiger partial charge on any atom is -0.480 e. The van der Waals surface area contributed by atoms with Gasteiger partial charge >= 0.3 is 5.97 Å². The molecular weight excluding hydrogens is 224 g/mol. The first kappa shape index (κ1) is 13.9. The molecule has 0 aromatic rings. The summed E-state index contributed by atoms with van der Waals surface area (Å²) in [6, 6.07) is 0. The number of hydrogen-bond acceptors (Lipinski definition) is 4. The van der Waals surface area contributed by atoms with E-state index in [0.29, 0.717) is 13.2 Å². The lowest BCUT2D eigenvalue weighted by Gasteiger charge is -2.30. The molecule has 6 heteroatoms. The van der Waals surface area contributed by atoms with Crippen LogP contribution in [0.15, 0.2) is 0 Å². The Morgan fingerprint density at radius 2 is 2.24 bits per heavy atom. The third-order valence-corrected chi connectivity index (χ3v) is 3.02. The highest BCUT2D eigenvalue weighted by Gasteiger charge is 2.39. The summed E-state index contributed by atoms with van der Waals surface area (Å²) in [5.74, 6) is -1.16. The first-order valence-corrected chi connectivity index (χ1v) is 5.75. The molecule has 2 N–H and O–H groups in total. The van der Waals surface area contributed by atoms with Gasteiger partial charge < -0.3 is 20.1 Å². The van der Waals surface area contributed by atoms with Crippen LogP contribution in [0.4, 0.5) is 0 Å². The molecule has 0 aromatic carbocycles. The number of methoxy groups -OCH3 is 1. The Labute approximate surface area is 101 Å². The second-order valence-corrected chi connectivity index (χ2v) is 4.48. The van der Waals surface area contributed by atoms with Crippen molar-refractivity contribution in [3.63, 3.8) is 0 Å². The molecule has 1 rings (SSSR count). The third-order valence-electron chi connectivity index (χ3n) is 3.02. The highest BCUT2D eigenvalue weighted by atomic mass is 16.5. The van der Waals surface area contributed by atoms with Gasteiger partial charge in [0.05, 0.1) is 12.1 Å². The third kappa shape index (κ3) is 3.67. The van der Waals surface area contributed by atoms with Gasteiger partial charge in [0.25, 0.3) is 0 Å². The molecular formula is C11H20N2O4. The van der Waals surface area contributed by atoms with Crippen LogP contribution >= 0.6 is 0 Å². The van der Waals surface area contributed by atoms with Crippen molar-refractivity contribution in [2.75, 3.05) is 33.4 Å². The van der Waals surface area contributed by atoms with Crippen molar-refractivity contribution in [2.45, 2.75) is 25.3 Å². The first-order valence-electron chi connectivity index (χ1n) is 5.75. The summed E-state index contributed by atoms with van der Waals surface area (Å²) < 4.78 is 4.89. The van der Waals surface area contributed by atoms with E-state index in [1.807, 2.05) is 6.92 Å². The molecule has 0 aromatic heterocycles. The second kappa shape index (κ2) is 5.97. The SMILES string of the molecule is COCCN(CC(=O)O)C(=O)C1(C)CCCN1. The molecule has 98 valence electrons. The van der Waals surface area contributed by atoms with Crippen LogP contribution in [0, 0.1) is 0 Å². The second-order valence-electron chi connectivity index (χ2n) is 4.48. The van der Waals surface area contributed by atoms with Crippen molar-refractivity contribution in [3.05, 3.63) is 0 Å². The summed E-state index contributed by atoms with van der Waals surface area (Å²) in [6.07, 6.45) is 1.68. The largest absolute Gasteiger partial charge is 0.480 e. The maximum Gasteiger partial charge on any atom is 0.323 e. The van der Waals surface area contributed by atoms with E-state index in [1.165, 1.54) is 12.0 Å². The Kier molecular flexibility index (Phi) is 4.89. The Morgan fingerprint density at radius 3 is 2.71 bits per heavy atom. The molecule has 1 atom stereocenters. The van der Waals surface area contributed by atoms with Gasteiger partial charge in [0.2, 0.25) is 5.91 Å². The normalized spacial score (nSPS) is 23.6. The van der Waals surface area contributed by atoms with E-state index in [-0.39, 0.29) is 12.5 Å². The topological polar surface area (TPSA) is 78.9 Å². The fourth-order valence-electron chi connectivity index (χ4n) is 2.04. The van der Waals surface area contributed by atoms with Gasteiger partial charge in [-0.05, 0) is 26.3 Å². The summed E-state index contributed by atoms with van der Waals surface area (Å²) in [6.45, 7) is 2.99. The average molecular weight is 244 g/mol. The van der Waals surface area contributed by atoms with Crippen LogP contribution in [0.2, 0.25) is 0 Å².